The number of hydrogen-bond donors (Lipinski definition) is 0. The number of aromatic nitrogens is 2. The molecule has 0 aliphatic heterocycles. The van der Waals surface area contributed by atoms with E-state index >= 15 is 0 Å². The molecular formula is C34H22N2OPt. The molecule has 2 aromatic heterocycles. The van der Waals surface area contributed by atoms with E-state index < -0.39 is 0 Å². The van der Waals surface area contributed by atoms with Crippen LogP contribution < -0.4 is 4.74 Å². The quantitative estimate of drug-likeness (QED) is 0.167. The number of pyridine rings is 2. The fourth-order valence-corrected chi connectivity index (χ4v) is 4.33. The van der Waals surface area contributed by atoms with Crippen LogP contribution in [0.5, 0.6) is 11.5 Å². The summed E-state index contributed by atoms with van der Waals surface area (Å²) in [7, 11) is 0. The van der Waals surface area contributed by atoms with Crippen LogP contribution in [0.25, 0.3) is 44.8 Å². The third kappa shape index (κ3) is 5.49. The van der Waals surface area contributed by atoms with Gasteiger partial charge >= 0.3 is 21.1 Å². The van der Waals surface area contributed by atoms with Crippen LogP contribution in [0.2, 0.25) is 0 Å². The Bertz CT molecular complexity index is 1500. The molecule has 38 heavy (non-hydrogen) atoms. The molecule has 0 unspecified atom stereocenters. The van der Waals surface area contributed by atoms with E-state index in [9.17, 15) is 0 Å². The molecule has 0 saturated heterocycles. The van der Waals surface area contributed by atoms with Gasteiger partial charge in [0.15, 0.2) is 0 Å². The summed E-state index contributed by atoms with van der Waals surface area (Å²) in [5.41, 5.74) is 7.73. The van der Waals surface area contributed by atoms with Gasteiger partial charge in [0.25, 0.3) is 0 Å². The summed E-state index contributed by atoms with van der Waals surface area (Å²) in [6.07, 6.45) is 3.58. The summed E-state index contributed by atoms with van der Waals surface area (Å²) in [5, 5.41) is 0. The Labute approximate surface area is 237 Å². The second-order valence-electron chi connectivity index (χ2n) is 8.49. The fourth-order valence-electron chi connectivity index (χ4n) is 4.33. The molecule has 184 valence electrons. The van der Waals surface area contributed by atoms with Crippen molar-refractivity contribution in [2.45, 2.75) is 0 Å². The van der Waals surface area contributed by atoms with Gasteiger partial charge in [-0.15, -0.1) is 23.3 Å². The van der Waals surface area contributed by atoms with Gasteiger partial charge in [0.2, 0.25) is 0 Å². The molecule has 3 nitrogen and oxygen atoms in total. The monoisotopic (exact) mass is 669 g/mol. The van der Waals surface area contributed by atoms with Crippen molar-refractivity contribution in [2.24, 2.45) is 0 Å². The Morgan fingerprint density at radius 2 is 0.868 bits per heavy atom. The average molecular weight is 670 g/mol. The summed E-state index contributed by atoms with van der Waals surface area (Å²) < 4.78 is 6.32. The van der Waals surface area contributed by atoms with Crippen LogP contribution in [0.3, 0.4) is 0 Å². The maximum absolute atomic E-state index is 6.32. The SMILES string of the molecule is [Pt+2].[c-]1c(Oc2[c-]c(-c3ccccn3)c(-c3ccccc3)cc2)ccc(-c2ccccc2)c1-c1ccccn1. The van der Waals surface area contributed by atoms with Gasteiger partial charge in [0, 0.05) is 23.9 Å². The first-order valence-electron chi connectivity index (χ1n) is 12.1. The first-order valence-corrected chi connectivity index (χ1v) is 12.1. The van der Waals surface area contributed by atoms with Crippen molar-refractivity contribution < 1.29 is 25.8 Å². The van der Waals surface area contributed by atoms with E-state index in [4.69, 9.17) is 4.74 Å². The minimum Gasteiger partial charge on any atom is -0.497 e. The van der Waals surface area contributed by atoms with Crippen LogP contribution in [-0.2, 0) is 21.1 Å². The zero-order valence-electron chi connectivity index (χ0n) is 20.3. The standard InChI is InChI=1S/C34H22N2O.Pt/c1-3-11-25(12-4-1)29-19-17-27(23-31(29)33-15-7-9-21-35-33)37-28-18-20-30(26-13-5-2-6-14-26)32(24-28)34-16-8-10-22-36-34;/h1-22H;/q-2;+2. The third-order valence-corrected chi connectivity index (χ3v) is 6.07. The molecule has 4 aromatic carbocycles. The molecule has 0 bridgehead atoms. The summed E-state index contributed by atoms with van der Waals surface area (Å²) >= 11 is 0. The van der Waals surface area contributed by atoms with Gasteiger partial charge in [-0.25, -0.2) is 0 Å². The first kappa shape index (κ1) is 25.3. The first-order chi connectivity index (χ1) is 18.3. The van der Waals surface area contributed by atoms with Crippen molar-refractivity contribution >= 4 is 0 Å². The molecular weight excluding hydrogens is 647 g/mol. The molecule has 0 aliphatic rings. The molecule has 0 radical (unpaired) electrons. The van der Waals surface area contributed by atoms with Crippen LogP contribution in [0.1, 0.15) is 0 Å². The third-order valence-electron chi connectivity index (χ3n) is 6.07. The topological polar surface area (TPSA) is 35.0 Å². The Balaban J connectivity index is 0.00000294. The van der Waals surface area contributed by atoms with Gasteiger partial charge < -0.3 is 14.7 Å². The summed E-state index contributed by atoms with van der Waals surface area (Å²) in [6.45, 7) is 0. The maximum atomic E-state index is 6.32. The predicted octanol–water partition coefficient (Wildman–Crippen LogP) is 8.53. The number of hydrogen-bond acceptors (Lipinski definition) is 3. The van der Waals surface area contributed by atoms with Gasteiger partial charge in [-0.2, -0.15) is 0 Å². The van der Waals surface area contributed by atoms with Crippen LogP contribution in [0.15, 0.2) is 134 Å². The molecule has 0 atom stereocenters. The van der Waals surface area contributed by atoms with E-state index in [2.05, 4.69) is 58.5 Å². The minimum absolute atomic E-state index is 0. The van der Waals surface area contributed by atoms with E-state index in [-0.39, 0.29) is 21.1 Å². The van der Waals surface area contributed by atoms with Crippen molar-refractivity contribution in [3.05, 3.63) is 146 Å². The normalized spacial score (nSPS) is 10.4. The van der Waals surface area contributed by atoms with Crippen LogP contribution in [0, 0.1) is 12.1 Å². The van der Waals surface area contributed by atoms with Crippen LogP contribution in [0.4, 0.5) is 0 Å². The molecule has 0 saturated carbocycles. The van der Waals surface area contributed by atoms with E-state index in [0.717, 1.165) is 44.8 Å². The van der Waals surface area contributed by atoms with Gasteiger partial charge in [-0.3, -0.25) is 0 Å². The molecule has 0 N–H and O–H groups in total. The summed E-state index contributed by atoms with van der Waals surface area (Å²) in [6, 6.07) is 47.2. The molecule has 4 heteroatoms. The summed E-state index contributed by atoms with van der Waals surface area (Å²) in [4.78, 5) is 9.16. The van der Waals surface area contributed by atoms with Crippen molar-refractivity contribution in [3.63, 3.8) is 0 Å². The molecule has 0 amide bonds. The van der Waals surface area contributed by atoms with Gasteiger partial charge in [-0.05, 0) is 23.5 Å². The molecule has 6 aromatic rings. The van der Waals surface area contributed by atoms with E-state index in [1.54, 1.807) is 12.4 Å². The van der Waals surface area contributed by atoms with E-state index in [0.29, 0.717) is 11.5 Å². The number of benzene rings is 4. The van der Waals surface area contributed by atoms with Crippen molar-refractivity contribution in [2.75, 3.05) is 0 Å². The zero-order valence-corrected chi connectivity index (χ0v) is 22.6. The minimum atomic E-state index is 0. The Hall–Kier alpha value is -4.33. The number of rotatable bonds is 6. The van der Waals surface area contributed by atoms with Crippen molar-refractivity contribution in [1.29, 1.82) is 0 Å². The van der Waals surface area contributed by atoms with Crippen LogP contribution >= 0.6 is 0 Å². The summed E-state index contributed by atoms with van der Waals surface area (Å²) in [5.74, 6) is 1.19. The van der Waals surface area contributed by atoms with Crippen LogP contribution in [-0.4, -0.2) is 9.97 Å². The molecule has 0 spiro atoms. The maximum Gasteiger partial charge on any atom is 2.00 e. The zero-order chi connectivity index (χ0) is 24.9. The molecule has 0 aliphatic carbocycles. The number of ether oxygens (including phenoxy) is 1. The Kier molecular flexibility index (Phi) is 7.87. The molecule has 2 heterocycles. The van der Waals surface area contributed by atoms with Crippen molar-refractivity contribution in [1.82, 2.24) is 9.97 Å². The molecule has 6 rings (SSSR count). The Morgan fingerprint density at radius 3 is 1.26 bits per heavy atom. The smallest absolute Gasteiger partial charge is 0.497 e. The average Bonchev–Trinajstić information content (AvgIpc) is 2.99. The Morgan fingerprint density at radius 1 is 0.447 bits per heavy atom. The van der Waals surface area contributed by atoms with Crippen molar-refractivity contribution in [3.8, 4) is 56.3 Å². The molecule has 0 fully saturated rings. The van der Waals surface area contributed by atoms with Gasteiger partial charge in [-0.1, -0.05) is 131 Å². The second-order valence-corrected chi connectivity index (χ2v) is 8.49. The van der Waals surface area contributed by atoms with Gasteiger partial charge in [0.05, 0.1) is 0 Å². The fraction of sp³-hybridized carbons (Fsp3) is 0. The van der Waals surface area contributed by atoms with Gasteiger partial charge in [0.1, 0.15) is 0 Å². The van der Waals surface area contributed by atoms with E-state index in [1.165, 1.54) is 0 Å². The predicted molar refractivity (Wildman–Crippen MR) is 148 cm³/mol. The largest absolute Gasteiger partial charge is 2.00 e. The number of nitrogens with zero attached hydrogens (tertiary/aromatic N) is 2. The second kappa shape index (κ2) is 11.8. The van der Waals surface area contributed by atoms with E-state index in [1.807, 2.05) is 84.9 Å².